The zero-order valence-corrected chi connectivity index (χ0v) is 16.8. The summed E-state index contributed by atoms with van der Waals surface area (Å²) in [6, 6.07) is 0. The van der Waals surface area contributed by atoms with E-state index in [1.165, 1.54) is 25.7 Å². The van der Waals surface area contributed by atoms with Crippen LogP contribution in [0.4, 0.5) is 0 Å². The van der Waals surface area contributed by atoms with Crippen LogP contribution in [-0.4, -0.2) is 39.8 Å². The summed E-state index contributed by atoms with van der Waals surface area (Å²) in [6.07, 6.45) is 5.13. The van der Waals surface area contributed by atoms with E-state index >= 15 is 0 Å². The molecule has 0 unspecified atom stereocenters. The molecule has 1 saturated heterocycles. The first-order valence-electron chi connectivity index (χ1n) is 8.66. The average molecular weight is 386 g/mol. The van der Waals surface area contributed by atoms with Crippen molar-refractivity contribution in [1.82, 2.24) is 15.1 Å². The lowest BCUT2D eigenvalue weighted by Crippen LogP contribution is -2.23. The highest BCUT2D eigenvalue weighted by Crippen LogP contribution is 2.39. The van der Waals surface area contributed by atoms with Crippen molar-refractivity contribution >= 4 is 33.5 Å². The van der Waals surface area contributed by atoms with E-state index in [0.717, 1.165) is 35.0 Å². The molecule has 1 fully saturated rings. The normalized spacial score (nSPS) is 16.8. The molecule has 1 atom stereocenters. The molecule has 1 N–H and O–H groups in total. The highest BCUT2D eigenvalue weighted by Gasteiger charge is 2.17. The Balaban J connectivity index is 1.72. The number of carbonyl (C=O) groups is 2. The number of carbonyl (C=O) groups excluding carboxylic acids is 2. The van der Waals surface area contributed by atoms with Crippen molar-refractivity contribution in [3.8, 4) is 0 Å². The lowest BCUT2D eigenvalue weighted by atomic mass is 10.1. The first kappa shape index (κ1) is 20.2. The van der Waals surface area contributed by atoms with Crippen molar-refractivity contribution in [3.63, 3.8) is 0 Å². The number of amides is 1. The molecule has 1 amide bonds. The molecule has 6 nitrogen and oxygen atoms in total. The van der Waals surface area contributed by atoms with E-state index in [1.807, 2.05) is 35.4 Å². The Morgan fingerprint density at radius 1 is 1.36 bits per heavy atom. The number of rotatable bonds is 9. The molecular formula is C17H27N3O3S2. The second kappa shape index (κ2) is 10.1. The van der Waals surface area contributed by atoms with Gasteiger partial charge in [-0.05, 0) is 33.1 Å². The number of unbranched alkanes of at least 4 members (excludes halogenated alkanes) is 1. The minimum Gasteiger partial charge on any atom is -0.468 e. The number of hydrogen-bond donors (Lipinski definition) is 1. The van der Waals surface area contributed by atoms with Crippen molar-refractivity contribution in [1.29, 1.82) is 0 Å². The lowest BCUT2D eigenvalue weighted by molar-refractivity contribution is -0.141. The van der Waals surface area contributed by atoms with E-state index in [4.69, 9.17) is 0 Å². The molecule has 0 radical (unpaired) electrons. The predicted molar refractivity (Wildman–Crippen MR) is 102 cm³/mol. The highest BCUT2D eigenvalue weighted by atomic mass is 33.1. The van der Waals surface area contributed by atoms with E-state index in [1.54, 1.807) is 4.68 Å². The number of methoxy groups -OCH3 is 1. The second-order valence-corrected chi connectivity index (χ2v) is 9.02. The molecule has 140 valence electrons. The Hall–Kier alpha value is -1.15. The Bertz CT molecular complexity index is 598. The van der Waals surface area contributed by atoms with Crippen LogP contribution in [0.1, 0.15) is 49.1 Å². The van der Waals surface area contributed by atoms with E-state index in [9.17, 15) is 9.59 Å². The fraction of sp³-hybridized carbons (Fsp3) is 0.706. The van der Waals surface area contributed by atoms with E-state index in [2.05, 4.69) is 15.2 Å². The largest absolute Gasteiger partial charge is 0.468 e. The monoisotopic (exact) mass is 385 g/mol. The summed E-state index contributed by atoms with van der Waals surface area (Å²) < 4.78 is 6.30. The third-order valence-electron chi connectivity index (χ3n) is 4.41. The van der Waals surface area contributed by atoms with Gasteiger partial charge in [0.05, 0.1) is 12.8 Å². The van der Waals surface area contributed by atoms with Crippen LogP contribution in [0.2, 0.25) is 0 Å². The van der Waals surface area contributed by atoms with Crippen LogP contribution in [0.15, 0.2) is 0 Å². The minimum absolute atomic E-state index is 0.0768. The smallest absolute Gasteiger partial charge is 0.327 e. The maximum atomic E-state index is 12.0. The molecule has 8 heteroatoms. The fourth-order valence-corrected chi connectivity index (χ4v) is 5.86. The van der Waals surface area contributed by atoms with Gasteiger partial charge in [0.1, 0.15) is 6.54 Å². The maximum Gasteiger partial charge on any atom is 0.327 e. The molecule has 0 bridgehead atoms. The van der Waals surface area contributed by atoms with Crippen LogP contribution < -0.4 is 5.32 Å². The second-order valence-electron chi connectivity index (χ2n) is 6.23. The Morgan fingerprint density at radius 3 is 2.84 bits per heavy atom. The van der Waals surface area contributed by atoms with Gasteiger partial charge in [0.15, 0.2) is 0 Å². The Morgan fingerprint density at radius 2 is 2.16 bits per heavy atom. The molecule has 0 aromatic carbocycles. The van der Waals surface area contributed by atoms with Crippen molar-refractivity contribution in [2.75, 3.05) is 12.9 Å². The zero-order valence-electron chi connectivity index (χ0n) is 15.2. The molecule has 0 aliphatic carbocycles. The molecule has 0 saturated carbocycles. The molecule has 2 rings (SSSR count). The molecule has 1 aromatic heterocycles. The number of nitrogens with one attached hydrogen (secondary N) is 1. The van der Waals surface area contributed by atoms with Crippen LogP contribution in [0.3, 0.4) is 0 Å². The summed E-state index contributed by atoms with van der Waals surface area (Å²) in [6.45, 7) is 4.34. The van der Waals surface area contributed by atoms with Gasteiger partial charge in [-0.1, -0.05) is 28.0 Å². The third-order valence-corrected chi connectivity index (χ3v) is 7.41. The first-order chi connectivity index (χ1) is 12.0. The average Bonchev–Trinajstić information content (AvgIpc) is 3.19. The van der Waals surface area contributed by atoms with Gasteiger partial charge in [0, 0.05) is 35.2 Å². The van der Waals surface area contributed by atoms with Gasteiger partial charge < -0.3 is 10.1 Å². The quantitative estimate of drug-likeness (QED) is 0.400. The molecular weight excluding hydrogens is 358 g/mol. The summed E-state index contributed by atoms with van der Waals surface area (Å²) >= 11 is 0. The van der Waals surface area contributed by atoms with Crippen LogP contribution >= 0.6 is 21.6 Å². The number of hydrogen-bond acceptors (Lipinski definition) is 6. The van der Waals surface area contributed by atoms with Crippen molar-refractivity contribution < 1.29 is 14.3 Å². The van der Waals surface area contributed by atoms with Gasteiger partial charge in [0.2, 0.25) is 5.91 Å². The minimum atomic E-state index is -0.333. The summed E-state index contributed by atoms with van der Waals surface area (Å²) in [7, 11) is 5.32. The zero-order chi connectivity index (χ0) is 18.2. The number of aromatic nitrogens is 2. The molecule has 1 aromatic rings. The van der Waals surface area contributed by atoms with Crippen LogP contribution in [0.25, 0.3) is 0 Å². The summed E-state index contributed by atoms with van der Waals surface area (Å²) in [4.78, 5) is 23.5. The van der Waals surface area contributed by atoms with Crippen LogP contribution in [0, 0.1) is 13.8 Å². The SMILES string of the molecule is COC(=O)Cn1nc(C)c(CNC(=O)CCCC[C@@H]2CCSS2)c1C. The molecule has 25 heavy (non-hydrogen) atoms. The van der Waals surface area contributed by atoms with Gasteiger partial charge >= 0.3 is 5.97 Å². The Kier molecular flexibility index (Phi) is 8.15. The summed E-state index contributed by atoms with van der Waals surface area (Å²) in [5.74, 6) is 1.01. The van der Waals surface area contributed by atoms with E-state index < -0.39 is 0 Å². The lowest BCUT2D eigenvalue weighted by Gasteiger charge is -2.08. The first-order valence-corrected chi connectivity index (χ1v) is 11.0. The van der Waals surface area contributed by atoms with Crippen molar-refractivity contribution in [2.24, 2.45) is 0 Å². The third kappa shape index (κ3) is 6.26. The van der Waals surface area contributed by atoms with Gasteiger partial charge in [-0.2, -0.15) is 5.10 Å². The molecule has 1 aliphatic rings. The topological polar surface area (TPSA) is 73.2 Å². The molecule has 0 spiro atoms. The van der Waals surface area contributed by atoms with Crippen LogP contribution in [-0.2, 0) is 27.4 Å². The molecule has 1 aliphatic heterocycles. The highest BCUT2D eigenvalue weighted by molar-refractivity contribution is 8.77. The van der Waals surface area contributed by atoms with Crippen molar-refractivity contribution in [2.45, 2.75) is 64.3 Å². The molecule has 2 heterocycles. The van der Waals surface area contributed by atoms with Gasteiger partial charge in [-0.25, -0.2) is 0 Å². The predicted octanol–water partition coefficient (Wildman–Crippen LogP) is 3.00. The number of esters is 1. The standard InChI is InChI=1S/C17H27N3O3S2/c1-12-15(13(2)20(19-12)11-17(22)23-3)10-18-16(21)7-5-4-6-14-8-9-24-25-14/h14H,4-11H2,1-3H3,(H,18,21)/t14-/m1/s1. The van der Waals surface area contributed by atoms with Crippen molar-refractivity contribution in [3.05, 3.63) is 17.0 Å². The Labute approximate surface area is 157 Å². The number of nitrogens with zero attached hydrogens (tertiary/aromatic N) is 2. The van der Waals surface area contributed by atoms with E-state index in [-0.39, 0.29) is 18.4 Å². The van der Waals surface area contributed by atoms with E-state index in [0.29, 0.717) is 13.0 Å². The van der Waals surface area contributed by atoms with Gasteiger partial charge in [-0.15, -0.1) is 0 Å². The number of ether oxygens (including phenoxy) is 1. The van der Waals surface area contributed by atoms with Gasteiger partial charge in [0.25, 0.3) is 0 Å². The summed E-state index contributed by atoms with van der Waals surface area (Å²) in [5, 5.41) is 8.10. The summed E-state index contributed by atoms with van der Waals surface area (Å²) in [5.41, 5.74) is 2.69. The van der Waals surface area contributed by atoms with Gasteiger partial charge in [-0.3, -0.25) is 14.3 Å². The number of aryl methyl sites for hydroxylation is 1. The van der Waals surface area contributed by atoms with Crippen LogP contribution in [0.5, 0.6) is 0 Å². The fourth-order valence-electron chi connectivity index (χ4n) is 2.83. The maximum absolute atomic E-state index is 12.0.